The highest BCUT2D eigenvalue weighted by atomic mass is 14.3. The molecule has 1 nitrogen and oxygen atoms in total. The largest absolute Gasteiger partial charge is 0.308 e. The van der Waals surface area contributed by atoms with Crippen LogP contribution in [0.4, 0.5) is 0 Å². The smallest absolute Gasteiger partial charge is 0.0256 e. The summed E-state index contributed by atoms with van der Waals surface area (Å²) < 4.78 is 0. The maximum absolute atomic E-state index is 7.77. The third kappa shape index (κ3) is 2.33. The molecule has 1 heteroatoms. The van der Waals surface area contributed by atoms with Crippen LogP contribution in [0.2, 0.25) is 0 Å². The SMILES string of the molecule is Cc1ccc(-c2cccc(C=N)c2C2=CC=CC2)c(C)c1C. The van der Waals surface area contributed by atoms with E-state index in [0.29, 0.717) is 0 Å². The van der Waals surface area contributed by atoms with Gasteiger partial charge in [-0.05, 0) is 66.1 Å². The molecule has 0 saturated heterocycles. The molecular weight excluding hydrogens is 266 g/mol. The Bertz CT molecular complexity index is 807. The van der Waals surface area contributed by atoms with Crippen LogP contribution in [0.25, 0.3) is 16.7 Å². The molecule has 0 radical (unpaired) electrons. The second kappa shape index (κ2) is 5.76. The number of nitrogens with one attached hydrogen (secondary N) is 1. The molecule has 0 unspecified atom stereocenters. The molecule has 3 rings (SSSR count). The number of hydrogen-bond donors (Lipinski definition) is 1. The molecule has 110 valence electrons. The maximum atomic E-state index is 7.77. The first kappa shape index (κ1) is 14.5. The van der Waals surface area contributed by atoms with Gasteiger partial charge >= 0.3 is 0 Å². The average Bonchev–Trinajstić information content (AvgIpc) is 3.06. The van der Waals surface area contributed by atoms with E-state index >= 15 is 0 Å². The maximum Gasteiger partial charge on any atom is 0.0256 e. The summed E-state index contributed by atoms with van der Waals surface area (Å²) >= 11 is 0. The van der Waals surface area contributed by atoms with Crippen molar-refractivity contribution in [2.24, 2.45) is 0 Å². The molecule has 0 heterocycles. The van der Waals surface area contributed by atoms with Crippen LogP contribution in [-0.2, 0) is 0 Å². The first-order chi connectivity index (χ1) is 10.6. The lowest BCUT2D eigenvalue weighted by molar-refractivity contribution is 1.26. The van der Waals surface area contributed by atoms with Gasteiger partial charge in [0, 0.05) is 11.8 Å². The Balaban J connectivity index is 2.28. The zero-order valence-corrected chi connectivity index (χ0v) is 13.4. The first-order valence-corrected chi connectivity index (χ1v) is 7.70. The molecule has 0 atom stereocenters. The Kier molecular flexibility index (Phi) is 3.81. The molecule has 1 N–H and O–H groups in total. The van der Waals surface area contributed by atoms with Gasteiger partial charge in [0.05, 0.1) is 0 Å². The Hall–Kier alpha value is -2.41. The summed E-state index contributed by atoms with van der Waals surface area (Å²) in [6, 6.07) is 10.7. The fraction of sp³-hybridized carbons (Fsp3) is 0.190. The minimum atomic E-state index is 0.946. The molecule has 0 fully saturated rings. The monoisotopic (exact) mass is 287 g/mol. The number of aryl methyl sites for hydroxylation is 1. The molecule has 22 heavy (non-hydrogen) atoms. The third-order valence-electron chi connectivity index (χ3n) is 4.69. The predicted octanol–water partition coefficient (Wildman–Crippen LogP) is 5.62. The van der Waals surface area contributed by atoms with E-state index in [1.807, 2.05) is 6.07 Å². The summed E-state index contributed by atoms with van der Waals surface area (Å²) in [5.41, 5.74) is 10.0. The highest BCUT2D eigenvalue weighted by Gasteiger charge is 2.16. The minimum Gasteiger partial charge on any atom is -0.308 e. The fourth-order valence-corrected chi connectivity index (χ4v) is 3.15. The van der Waals surface area contributed by atoms with Crippen LogP contribution in [0.1, 0.15) is 34.2 Å². The van der Waals surface area contributed by atoms with Crippen LogP contribution in [0.5, 0.6) is 0 Å². The fourth-order valence-electron chi connectivity index (χ4n) is 3.15. The first-order valence-electron chi connectivity index (χ1n) is 7.70. The van der Waals surface area contributed by atoms with Gasteiger partial charge < -0.3 is 5.41 Å². The van der Waals surface area contributed by atoms with Gasteiger partial charge in [0.2, 0.25) is 0 Å². The van der Waals surface area contributed by atoms with E-state index in [-0.39, 0.29) is 0 Å². The summed E-state index contributed by atoms with van der Waals surface area (Å²) in [7, 11) is 0. The van der Waals surface area contributed by atoms with Crippen molar-refractivity contribution >= 4 is 11.8 Å². The molecule has 0 spiro atoms. The summed E-state index contributed by atoms with van der Waals surface area (Å²) in [5, 5.41) is 7.77. The van der Waals surface area contributed by atoms with Gasteiger partial charge in [0.25, 0.3) is 0 Å². The van der Waals surface area contributed by atoms with Crippen LogP contribution >= 0.6 is 0 Å². The Labute approximate surface area is 132 Å². The van der Waals surface area contributed by atoms with E-state index in [1.165, 1.54) is 45.2 Å². The van der Waals surface area contributed by atoms with Gasteiger partial charge in [-0.15, -0.1) is 0 Å². The van der Waals surface area contributed by atoms with E-state index in [2.05, 4.69) is 63.3 Å². The van der Waals surface area contributed by atoms with E-state index in [1.54, 1.807) is 0 Å². The van der Waals surface area contributed by atoms with Gasteiger partial charge in [-0.25, -0.2) is 0 Å². The lowest BCUT2D eigenvalue weighted by Gasteiger charge is -2.18. The second-order valence-electron chi connectivity index (χ2n) is 5.92. The van der Waals surface area contributed by atoms with Crippen molar-refractivity contribution in [1.29, 1.82) is 5.41 Å². The molecular formula is C21H21N. The number of allylic oxidation sites excluding steroid dienone is 4. The Morgan fingerprint density at radius 1 is 0.955 bits per heavy atom. The van der Waals surface area contributed by atoms with Crippen LogP contribution in [0.15, 0.2) is 48.6 Å². The molecule has 0 aromatic heterocycles. The summed E-state index contributed by atoms with van der Waals surface area (Å²) in [6.07, 6.45) is 8.86. The Morgan fingerprint density at radius 3 is 2.45 bits per heavy atom. The lowest BCUT2D eigenvalue weighted by Crippen LogP contribution is -1.98. The molecule has 1 aliphatic rings. The van der Waals surface area contributed by atoms with E-state index in [9.17, 15) is 0 Å². The molecule has 0 aliphatic heterocycles. The van der Waals surface area contributed by atoms with E-state index < -0.39 is 0 Å². The van der Waals surface area contributed by atoms with Gasteiger partial charge in [-0.1, -0.05) is 48.6 Å². The number of benzene rings is 2. The van der Waals surface area contributed by atoms with Crippen LogP contribution in [0.3, 0.4) is 0 Å². The van der Waals surface area contributed by atoms with Crippen molar-refractivity contribution in [3.05, 3.63) is 76.4 Å². The quantitative estimate of drug-likeness (QED) is 0.708. The zero-order chi connectivity index (χ0) is 15.7. The highest BCUT2D eigenvalue weighted by molar-refractivity contribution is 5.95. The molecule has 0 bridgehead atoms. The van der Waals surface area contributed by atoms with E-state index in [0.717, 1.165) is 12.0 Å². The normalized spacial score (nSPS) is 13.3. The van der Waals surface area contributed by atoms with Gasteiger partial charge in [-0.2, -0.15) is 0 Å². The van der Waals surface area contributed by atoms with Gasteiger partial charge in [0.15, 0.2) is 0 Å². The van der Waals surface area contributed by atoms with E-state index in [4.69, 9.17) is 5.41 Å². The topological polar surface area (TPSA) is 23.9 Å². The zero-order valence-electron chi connectivity index (χ0n) is 13.4. The minimum absolute atomic E-state index is 0.946. The molecule has 0 amide bonds. The number of rotatable bonds is 3. The van der Waals surface area contributed by atoms with Gasteiger partial charge in [-0.3, -0.25) is 0 Å². The molecule has 0 saturated carbocycles. The van der Waals surface area contributed by atoms with Crippen molar-refractivity contribution in [2.45, 2.75) is 27.2 Å². The third-order valence-corrected chi connectivity index (χ3v) is 4.69. The highest BCUT2D eigenvalue weighted by Crippen LogP contribution is 2.37. The van der Waals surface area contributed by atoms with Gasteiger partial charge in [0.1, 0.15) is 0 Å². The van der Waals surface area contributed by atoms with Crippen molar-refractivity contribution in [1.82, 2.24) is 0 Å². The van der Waals surface area contributed by atoms with Crippen LogP contribution < -0.4 is 0 Å². The molecule has 2 aromatic rings. The van der Waals surface area contributed by atoms with Crippen LogP contribution in [-0.4, -0.2) is 6.21 Å². The van der Waals surface area contributed by atoms with Crippen LogP contribution in [0, 0.1) is 26.2 Å². The Morgan fingerprint density at radius 2 is 1.77 bits per heavy atom. The second-order valence-corrected chi connectivity index (χ2v) is 5.92. The standard InChI is InChI=1S/C21H21N/c1-14-11-12-19(16(3)15(14)2)20-10-6-9-18(13-22)21(20)17-7-4-5-8-17/h4-7,9-13,22H,8H2,1-3H3. The molecule has 2 aromatic carbocycles. The lowest BCUT2D eigenvalue weighted by atomic mass is 9.86. The predicted molar refractivity (Wildman–Crippen MR) is 95.7 cm³/mol. The molecule has 1 aliphatic carbocycles. The number of hydrogen-bond acceptors (Lipinski definition) is 1. The van der Waals surface area contributed by atoms with Crippen molar-refractivity contribution < 1.29 is 0 Å². The van der Waals surface area contributed by atoms with Crippen molar-refractivity contribution in [2.75, 3.05) is 0 Å². The van der Waals surface area contributed by atoms with Crippen molar-refractivity contribution in [3.63, 3.8) is 0 Å². The summed E-state index contributed by atoms with van der Waals surface area (Å²) in [5.74, 6) is 0. The summed E-state index contributed by atoms with van der Waals surface area (Å²) in [6.45, 7) is 6.54. The average molecular weight is 287 g/mol. The van der Waals surface area contributed by atoms with Crippen molar-refractivity contribution in [3.8, 4) is 11.1 Å². The summed E-state index contributed by atoms with van der Waals surface area (Å²) in [4.78, 5) is 0.